The van der Waals surface area contributed by atoms with E-state index in [2.05, 4.69) is 22.9 Å². The molecule has 0 spiro atoms. The van der Waals surface area contributed by atoms with Crippen LogP contribution in [-0.4, -0.2) is 11.7 Å². The lowest BCUT2D eigenvalue weighted by Crippen LogP contribution is -2.08. The van der Waals surface area contributed by atoms with Crippen LogP contribution in [0.2, 0.25) is 0 Å². The monoisotopic (exact) mass is 270 g/mol. The van der Waals surface area contributed by atoms with E-state index in [0.717, 1.165) is 22.4 Å². The van der Waals surface area contributed by atoms with Gasteiger partial charge in [-0.1, -0.05) is 22.9 Å². The largest absolute Gasteiger partial charge is 0.493 e. The summed E-state index contributed by atoms with van der Waals surface area (Å²) in [6, 6.07) is 5.72. The van der Waals surface area contributed by atoms with E-state index in [1.54, 1.807) is 0 Å². The van der Waals surface area contributed by atoms with E-state index >= 15 is 0 Å². The van der Waals surface area contributed by atoms with Gasteiger partial charge in [0.2, 0.25) is 0 Å². The molecule has 1 fully saturated rings. The fourth-order valence-corrected chi connectivity index (χ4v) is 1.93. The Kier molecular flexibility index (Phi) is 3.03. The highest BCUT2D eigenvalue weighted by Crippen LogP contribution is 2.45. The number of rotatable bonds is 4. The topological polar surface area (TPSA) is 29.5 Å². The minimum absolute atomic E-state index is 0.0487. The zero-order valence-electron chi connectivity index (χ0n) is 8.79. The minimum atomic E-state index is 0.0487. The predicted molar refractivity (Wildman–Crippen MR) is 62.9 cm³/mol. The Morgan fingerprint density at radius 1 is 1.40 bits per heavy atom. The maximum atomic E-state index is 9.05. The highest BCUT2D eigenvalue weighted by Gasteiger charge is 2.38. The number of aliphatic hydroxyl groups excluding tert-OH is 1. The number of halogens is 1. The standard InChI is InChI=1S/C12H15BrO2/c1-12(2-3-12)8-15-11-5-9(7-14)4-10(13)6-11/h4-6,14H,2-3,7-8H2,1H3. The Bertz CT molecular complexity index is 359. The molecule has 2 nitrogen and oxygen atoms in total. The van der Waals surface area contributed by atoms with Crippen LogP contribution in [-0.2, 0) is 6.61 Å². The van der Waals surface area contributed by atoms with Gasteiger partial charge in [0.05, 0.1) is 13.2 Å². The van der Waals surface area contributed by atoms with Gasteiger partial charge in [0.25, 0.3) is 0 Å². The molecule has 1 aliphatic carbocycles. The van der Waals surface area contributed by atoms with E-state index in [4.69, 9.17) is 9.84 Å². The minimum Gasteiger partial charge on any atom is -0.493 e. The van der Waals surface area contributed by atoms with Crippen molar-refractivity contribution in [2.24, 2.45) is 5.41 Å². The lowest BCUT2D eigenvalue weighted by molar-refractivity contribution is 0.245. The molecule has 0 radical (unpaired) electrons. The van der Waals surface area contributed by atoms with Crippen LogP contribution in [0.15, 0.2) is 22.7 Å². The first kappa shape index (κ1) is 11.0. The number of hydrogen-bond acceptors (Lipinski definition) is 2. The third kappa shape index (κ3) is 2.95. The maximum absolute atomic E-state index is 9.05. The summed E-state index contributed by atoms with van der Waals surface area (Å²) < 4.78 is 6.66. The Morgan fingerprint density at radius 2 is 2.13 bits per heavy atom. The summed E-state index contributed by atoms with van der Waals surface area (Å²) in [6.07, 6.45) is 2.52. The number of benzene rings is 1. The van der Waals surface area contributed by atoms with Crippen molar-refractivity contribution < 1.29 is 9.84 Å². The van der Waals surface area contributed by atoms with Gasteiger partial charge in [-0.2, -0.15) is 0 Å². The Labute approximate surface area is 98.4 Å². The number of aliphatic hydroxyl groups is 1. The highest BCUT2D eigenvalue weighted by atomic mass is 79.9. The fourth-order valence-electron chi connectivity index (χ4n) is 1.41. The summed E-state index contributed by atoms with van der Waals surface area (Å²) in [5, 5.41) is 9.05. The van der Waals surface area contributed by atoms with E-state index in [-0.39, 0.29) is 6.61 Å². The Morgan fingerprint density at radius 3 is 2.73 bits per heavy atom. The molecule has 0 heterocycles. The van der Waals surface area contributed by atoms with Crippen LogP contribution < -0.4 is 4.74 Å². The Balaban J connectivity index is 2.03. The Hall–Kier alpha value is -0.540. The van der Waals surface area contributed by atoms with E-state index in [9.17, 15) is 0 Å². The van der Waals surface area contributed by atoms with Crippen LogP contribution in [0.5, 0.6) is 5.75 Å². The van der Waals surface area contributed by atoms with E-state index in [1.165, 1.54) is 12.8 Å². The van der Waals surface area contributed by atoms with Crippen molar-refractivity contribution in [3.05, 3.63) is 28.2 Å². The lowest BCUT2D eigenvalue weighted by atomic mass is 10.2. The van der Waals surface area contributed by atoms with Crippen molar-refractivity contribution in [3.63, 3.8) is 0 Å². The third-order valence-electron chi connectivity index (χ3n) is 2.80. The molecule has 3 heteroatoms. The summed E-state index contributed by atoms with van der Waals surface area (Å²) in [5.74, 6) is 0.835. The molecule has 1 aromatic carbocycles. The van der Waals surface area contributed by atoms with Crippen molar-refractivity contribution in [2.45, 2.75) is 26.4 Å². The van der Waals surface area contributed by atoms with Crippen molar-refractivity contribution >= 4 is 15.9 Å². The molecule has 1 aliphatic rings. The second kappa shape index (κ2) is 4.14. The molecule has 0 atom stereocenters. The molecular weight excluding hydrogens is 256 g/mol. The molecule has 1 saturated carbocycles. The van der Waals surface area contributed by atoms with E-state index in [0.29, 0.717) is 5.41 Å². The van der Waals surface area contributed by atoms with Crippen molar-refractivity contribution in [1.29, 1.82) is 0 Å². The highest BCUT2D eigenvalue weighted by molar-refractivity contribution is 9.10. The average molecular weight is 271 g/mol. The van der Waals surface area contributed by atoms with E-state index < -0.39 is 0 Å². The van der Waals surface area contributed by atoms with Crippen LogP contribution in [0.25, 0.3) is 0 Å². The van der Waals surface area contributed by atoms with Crippen molar-refractivity contribution in [3.8, 4) is 5.75 Å². The summed E-state index contributed by atoms with van der Waals surface area (Å²) in [4.78, 5) is 0. The zero-order valence-corrected chi connectivity index (χ0v) is 10.4. The molecule has 0 saturated heterocycles. The summed E-state index contributed by atoms with van der Waals surface area (Å²) in [5.41, 5.74) is 1.27. The molecule has 0 aliphatic heterocycles. The van der Waals surface area contributed by atoms with Crippen LogP contribution in [0.1, 0.15) is 25.3 Å². The SMILES string of the molecule is CC1(COc2cc(Br)cc(CO)c2)CC1. The first-order chi connectivity index (χ1) is 7.11. The fraction of sp³-hybridized carbons (Fsp3) is 0.500. The van der Waals surface area contributed by atoms with Gasteiger partial charge in [-0.05, 0) is 36.6 Å². The smallest absolute Gasteiger partial charge is 0.120 e. The normalized spacial score (nSPS) is 17.5. The second-order valence-electron chi connectivity index (χ2n) is 4.55. The van der Waals surface area contributed by atoms with E-state index in [1.807, 2.05) is 18.2 Å². The van der Waals surface area contributed by atoms with Crippen LogP contribution in [0.3, 0.4) is 0 Å². The van der Waals surface area contributed by atoms with Crippen LogP contribution in [0.4, 0.5) is 0 Å². The van der Waals surface area contributed by atoms with Gasteiger partial charge in [0, 0.05) is 9.89 Å². The van der Waals surface area contributed by atoms with Gasteiger partial charge in [-0.3, -0.25) is 0 Å². The van der Waals surface area contributed by atoms with Crippen LogP contribution >= 0.6 is 15.9 Å². The van der Waals surface area contributed by atoms with Gasteiger partial charge in [-0.25, -0.2) is 0 Å². The molecule has 1 aromatic rings. The van der Waals surface area contributed by atoms with Crippen LogP contribution in [0, 0.1) is 5.41 Å². The van der Waals surface area contributed by atoms with Gasteiger partial charge in [0.15, 0.2) is 0 Å². The molecular formula is C12H15BrO2. The van der Waals surface area contributed by atoms with Crippen molar-refractivity contribution in [1.82, 2.24) is 0 Å². The van der Waals surface area contributed by atoms with Gasteiger partial charge in [-0.15, -0.1) is 0 Å². The molecule has 0 aromatic heterocycles. The molecule has 0 bridgehead atoms. The maximum Gasteiger partial charge on any atom is 0.120 e. The lowest BCUT2D eigenvalue weighted by Gasteiger charge is -2.12. The zero-order chi connectivity index (χ0) is 10.9. The summed E-state index contributed by atoms with van der Waals surface area (Å²) in [7, 11) is 0. The molecule has 2 rings (SSSR count). The summed E-state index contributed by atoms with van der Waals surface area (Å²) in [6.45, 7) is 3.05. The summed E-state index contributed by atoms with van der Waals surface area (Å²) >= 11 is 3.40. The molecule has 82 valence electrons. The number of hydrogen-bond donors (Lipinski definition) is 1. The van der Waals surface area contributed by atoms with Gasteiger partial charge >= 0.3 is 0 Å². The van der Waals surface area contributed by atoms with Gasteiger partial charge in [0.1, 0.15) is 5.75 Å². The van der Waals surface area contributed by atoms with Crippen molar-refractivity contribution in [2.75, 3.05) is 6.61 Å². The third-order valence-corrected chi connectivity index (χ3v) is 3.26. The molecule has 0 unspecified atom stereocenters. The number of ether oxygens (including phenoxy) is 1. The average Bonchev–Trinajstić information content (AvgIpc) is 2.94. The second-order valence-corrected chi connectivity index (χ2v) is 5.47. The first-order valence-corrected chi connectivity index (χ1v) is 5.94. The molecule has 15 heavy (non-hydrogen) atoms. The first-order valence-electron chi connectivity index (χ1n) is 5.14. The van der Waals surface area contributed by atoms with Gasteiger partial charge < -0.3 is 9.84 Å². The molecule has 1 N–H and O–H groups in total. The quantitative estimate of drug-likeness (QED) is 0.911. The predicted octanol–water partition coefficient (Wildman–Crippen LogP) is 3.12. The molecule has 0 amide bonds.